The quantitative estimate of drug-likeness (QED) is 0.117. The third-order valence-corrected chi connectivity index (χ3v) is 5.42. The number of nitrogens with one attached hydrogen (secondary N) is 4. The number of carbonyl (C=O) groups excluding carboxylic acids is 4. The Morgan fingerprint density at radius 2 is 1.73 bits per heavy atom. The van der Waals surface area contributed by atoms with E-state index in [-0.39, 0.29) is 18.6 Å². The second-order valence-corrected chi connectivity index (χ2v) is 8.39. The number of hydrogen-bond acceptors (Lipinski definition) is 9. The molecule has 1 rings (SSSR count). The van der Waals surface area contributed by atoms with Crippen molar-refractivity contribution in [2.75, 3.05) is 17.8 Å². The number of amides is 4. The molecule has 0 aliphatic carbocycles. The topological polar surface area (TPSA) is 222 Å². The number of aliphatic carboxylic acids is 1. The van der Waals surface area contributed by atoms with Crippen LogP contribution in [0, 0.1) is 0 Å². The molecule has 9 N–H and O–H groups in total. The number of aromatic amines is 1. The predicted octanol–water partition coefficient (Wildman–Crippen LogP) is -2.62. The second kappa shape index (κ2) is 14.4. The number of carboxylic acids is 1. The molecule has 0 fully saturated rings. The normalized spacial score (nSPS) is 14.4. The van der Waals surface area contributed by atoms with Crippen LogP contribution in [-0.4, -0.2) is 86.6 Å². The lowest BCUT2D eigenvalue weighted by atomic mass is 10.1. The number of hydrogen-bond donors (Lipinski definition) is 8. The van der Waals surface area contributed by atoms with Crippen molar-refractivity contribution in [2.45, 2.75) is 43.4 Å². The molecule has 1 aromatic heterocycles. The number of thioether (sulfide) groups is 1. The number of thiol groups is 1. The summed E-state index contributed by atoms with van der Waals surface area (Å²) in [7, 11) is 0. The molecule has 4 amide bonds. The highest BCUT2D eigenvalue weighted by Gasteiger charge is 2.30. The largest absolute Gasteiger partial charge is 0.480 e. The van der Waals surface area contributed by atoms with Gasteiger partial charge in [-0.15, -0.1) is 0 Å². The highest BCUT2D eigenvalue weighted by molar-refractivity contribution is 7.98. The summed E-state index contributed by atoms with van der Waals surface area (Å²) in [6.07, 6.45) is 4.42. The van der Waals surface area contributed by atoms with Crippen LogP contribution in [0.3, 0.4) is 0 Å². The molecule has 13 nitrogen and oxygen atoms in total. The first kappa shape index (κ1) is 28.3. The Bertz CT molecular complexity index is 823. The average molecular weight is 504 g/mol. The Balaban J connectivity index is 2.84. The molecule has 0 saturated carbocycles. The van der Waals surface area contributed by atoms with E-state index in [2.05, 4.69) is 38.5 Å². The Morgan fingerprint density at radius 3 is 2.24 bits per heavy atom. The number of carbonyl (C=O) groups is 5. The zero-order chi connectivity index (χ0) is 25.0. The number of aromatic nitrogens is 2. The molecular formula is C18H29N7O6S2. The van der Waals surface area contributed by atoms with Crippen LogP contribution in [0.4, 0.5) is 0 Å². The molecule has 4 unspecified atom stereocenters. The summed E-state index contributed by atoms with van der Waals surface area (Å²) in [5.41, 5.74) is 11.1. The summed E-state index contributed by atoms with van der Waals surface area (Å²) in [6, 6.07) is -4.71. The van der Waals surface area contributed by atoms with Crippen molar-refractivity contribution in [3.63, 3.8) is 0 Å². The monoisotopic (exact) mass is 503 g/mol. The maximum atomic E-state index is 12.8. The van der Waals surface area contributed by atoms with Gasteiger partial charge in [-0.05, 0) is 18.4 Å². The van der Waals surface area contributed by atoms with Gasteiger partial charge in [0.05, 0.1) is 18.8 Å². The summed E-state index contributed by atoms with van der Waals surface area (Å²) < 4.78 is 0. The van der Waals surface area contributed by atoms with Crippen LogP contribution in [-0.2, 0) is 30.4 Å². The molecule has 0 spiro atoms. The molecule has 0 bridgehead atoms. The van der Waals surface area contributed by atoms with Gasteiger partial charge in [0, 0.05) is 24.1 Å². The van der Waals surface area contributed by atoms with Gasteiger partial charge in [-0.1, -0.05) is 0 Å². The molecule has 4 atom stereocenters. The van der Waals surface area contributed by atoms with Crippen LogP contribution in [0.1, 0.15) is 18.5 Å². The van der Waals surface area contributed by atoms with Crippen LogP contribution in [0.2, 0.25) is 0 Å². The maximum Gasteiger partial charge on any atom is 0.326 e. The minimum Gasteiger partial charge on any atom is -0.480 e. The standard InChI is InChI=1S/C18H29N7O6S2/c1-33-3-2-11(16(28)24-12(18(30)31)4-9-6-21-8-22-9)23-17(29)13(7-32)25-15(27)10(19)5-14(20)26/h6,8,10-13,32H,2-5,7,19H2,1H3,(H2,20,26)(H,21,22)(H,23,29)(H,24,28)(H,25,27)(H,30,31). The number of H-pyrrole nitrogens is 1. The van der Waals surface area contributed by atoms with Crippen molar-refractivity contribution >= 4 is 54.0 Å². The summed E-state index contributed by atoms with van der Waals surface area (Å²) in [5, 5.41) is 16.8. The van der Waals surface area contributed by atoms with E-state index in [0.29, 0.717) is 11.4 Å². The predicted molar refractivity (Wildman–Crippen MR) is 124 cm³/mol. The molecule has 15 heteroatoms. The Kier molecular flexibility index (Phi) is 12.3. The van der Waals surface area contributed by atoms with E-state index < -0.39 is 60.2 Å². The zero-order valence-corrected chi connectivity index (χ0v) is 19.7. The van der Waals surface area contributed by atoms with Gasteiger partial charge >= 0.3 is 5.97 Å². The highest BCUT2D eigenvalue weighted by Crippen LogP contribution is 2.05. The third kappa shape index (κ3) is 10.1. The number of primary amides is 1. The van der Waals surface area contributed by atoms with Gasteiger partial charge in [0.15, 0.2) is 0 Å². The zero-order valence-electron chi connectivity index (χ0n) is 17.9. The van der Waals surface area contributed by atoms with E-state index in [1.54, 1.807) is 0 Å². The van der Waals surface area contributed by atoms with Gasteiger partial charge in [-0.25, -0.2) is 9.78 Å². The highest BCUT2D eigenvalue weighted by atomic mass is 32.2. The number of nitrogens with two attached hydrogens (primary N) is 2. The average Bonchev–Trinajstić information content (AvgIpc) is 3.26. The minimum absolute atomic E-state index is 0.0304. The molecule has 33 heavy (non-hydrogen) atoms. The first-order chi connectivity index (χ1) is 15.6. The summed E-state index contributed by atoms with van der Waals surface area (Å²) in [4.78, 5) is 66.7. The van der Waals surface area contributed by atoms with E-state index in [0.717, 1.165) is 0 Å². The first-order valence-corrected chi connectivity index (χ1v) is 11.9. The van der Waals surface area contributed by atoms with Gasteiger partial charge in [0.25, 0.3) is 0 Å². The fourth-order valence-corrected chi connectivity index (χ4v) is 3.38. The van der Waals surface area contributed by atoms with Gasteiger partial charge < -0.3 is 37.5 Å². The fraction of sp³-hybridized carbons (Fsp3) is 0.556. The van der Waals surface area contributed by atoms with Crippen molar-refractivity contribution in [2.24, 2.45) is 11.5 Å². The molecule has 1 heterocycles. The molecule has 0 aliphatic rings. The lowest BCUT2D eigenvalue weighted by Gasteiger charge is -2.24. The molecule has 1 aromatic rings. The minimum atomic E-state index is -1.25. The SMILES string of the molecule is CSCCC(NC(=O)C(CS)NC(=O)C(N)CC(N)=O)C(=O)NC(Cc1cnc[nH]1)C(=O)O. The Morgan fingerprint density at radius 1 is 1.12 bits per heavy atom. The summed E-state index contributed by atoms with van der Waals surface area (Å²) in [5.74, 6) is -3.84. The van der Waals surface area contributed by atoms with Gasteiger partial charge in [0.2, 0.25) is 23.6 Å². The molecule has 0 aliphatic heterocycles. The van der Waals surface area contributed by atoms with Gasteiger partial charge in [-0.3, -0.25) is 19.2 Å². The summed E-state index contributed by atoms with van der Waals surface area (Å²) in [6.45, 7) is 0. The van der Waals surface area contributed by atoms with Gasteiger partial charge in [0.1, 0.15) is 18.1 Å². The van der Waals surface area contributed by atoms with E-state index in [9.17, 15) is 29.1 Å². The third-order valence-electron chi connectivity index (χ3n) is 4.41. The van der Waals surface area contributed by atoms with Crippen LogP contribution < -0.4 is 27.4 Å². The van der Waals surface area contributed by atoms with Crippen LogP contribution in [0.25, 0.3) is 0 Å². The van der Waals surface area contributed by atoms with Crippen molar-refractivity contribution in [1.29, 1.82) is 0 Å². The number of imidazole rings is 1. The number of rotatable bonds is 15. The van der Waals surface area contributed by atoms with Crippen molar-refractivity contribution in [1.82, 2.24) is 25.9 Å². The van der Waals surface area contributed by atoms with E-state index >= 15 is 0 Å². The van der Waals surface area contributed by atoms with Crippen LogP contribution in [0.5, 0.6) is 0 Å². The molecule has 0 aromatic carbocycles. The molecule has 184 valence electrons. The van der Waals surface area contributed by atoms with Crippen molar-refractivity contribution < 1.29 is 29.1 Å². The molecule has 0 saturated heterocycles. The van der Waals surface area contributed by atoms with E-state index in [1.807, 2.05) is 6.26 Å². The molecule has 0 radical (unpaired) electrons. The van der Waals surface area contributed by atoms with Crippen molar-refractivity contribution in [3.05, 3.63) is 18.2 Å². The van der Waals surface area contributed by atoms with Crippen LogP contribution >= 0.6 is 24.4 Å². The Hall–Kier alpha value is -2.78. The van der Waals surface area contributed by atoms with E-state index in [4.69, 9.17) is 11.5 Å². The lowest BCUT2D eigenvalue weighted by molar-refractivity contribution is -0.142. The van der Waals surface area contributed by atoms with E-state index in [1.165, 1.54) is 24.3 Å². The first-order valence-electron chi connectivity index (χ1n) is 9.83. The molecular weight excluding hydrogens is 474 g/mol. The fourth-order valence-electron chi connectivity index (χ4n) is 2.65. The number of carboxylic acid groups (broad SMARTS) is 1. The van der Waals surface area contributed by atoms with Crippen LogP contribution in [0.15, 0.2) is 12.5 Å². The number of nitrogens with zero attached hydrogens (tertiary/aromatic N) is 1. The Labute approximate surface area is 200 Å². The maximum absolute atomic E-state index is 12.8. The van der Waals surface area contributed by atoms with Crippen molar-refractivity contribution in [3.8, 4) is 0 Å². The summed E-state index contributed by atoms with van der Waals surface area (Å²) >= 11 is 5.48. The smallest absolute Gasteiger partial charge is 0.326 e. The van der Waals surface area contributed by atoms with Gasteiger partial charge in [-0.2, -0.15) is 24.4 Å². The second-order valence-electron chi connectivity index (χ2n) is 7.04. The lowest BCUT2D eigenvalue weighted by Crippen LogP contribution is -2.58.